The van der Waals surface area contributed by atoms with Gasteiger partial charge in [0.05, 0.1) is 0 Å². The van der Waals surface area contributed by atoms with Gasteiger partial charge >= 0.3 is 0 Å². The molecule has 1 heterocycles. The highest BCUT2D eigenvalue weighted by molar-refractivity contribution is 5.12. The zero-order valence-corrected chi connectivity index (χ0v) is 9.54. The molecule has 0 saturated heterocycles. The van der Waals surface area contributed by atoms with Crippen LogP contribution in [0.2, 0.25) is 0 Å². The summed E-state index contributed by atoms with van der Waals surface area (Å²) in [6.07, 6.45) is 7.55. The highest BCUT2D eigenvalue weighted by Gasteiger charge is 2.18. The van der Waals surface area contributed by atoms with Crippen LogP contribution in [0.5, 0.6) is 0 Å². The van der Waals surface area contributed by atoms with E-state index in [1.165, 1.54) is 37.9 Å². The summed E-state index contributed by atoms with van der Waals surface area (Å²) in [5.74, 6) is 2.90. The van der Waals surface area contributed by atoms with Crippen molar-refractivity contribution in [3.8, 4) is 0 Å². The van der Waals surface area contributed by atoms with Crippen LogP contribution < -0.4 is 5.73 Å². The van der Waals surface area contributed by atoms with E-state index in [2.05, 4.69) is 12.1 Å². The zero-order chi connectivity index (χ0) is 10.7. The Morgan fingerprint density at radius 1 is 1.33 bits per heavy atom. The molecule has 1 fully saturated rings. The molecule has 2 nitrogen and oxygen atoms in total. The Morgan fingerprint density at radius 3 is 2.73 bits per heavy atom. The van der Waals surface area contributed by atoms with Gasteiger partial charge in [0.2, 0.25) is 0 Å². The Morgan fingerprint density at radius 2 is 2.07 bits per heavy atom. The molecule has 1 aliphatic carbocycles. The van der Waals surface area contributed by atoms with E-state index >= 15 is 0 Å². The summed E-state index contributed by atoms with van der Waals surface area (Å²) in [5.41, 5.74) is 5.75. The lowest BCUT2D eigenvalue weighted by atomic mass is 9.88. The van der Waals surface area contributed by atoms with Crippen molar-refractivity contribution in [3.63, 3.8) is 0 Å². The summed E-state index contributed by atoms with van der Waals surface area (Å²) in [6.45, 7) is 2.02. The molecule has 2 N–H and O–H groups in total. The van der Waals surface area contributed by atoms with E-state index < -0.39 is 0 Å². The first-order valence-electron chi connectivity index (χ1n) is 6.10. The minimum absolute atomic E-state index is 0.190. The minimum Gasteiger partial charge on any atom is -0.466 e. The van der Waals surface area contributed by atoms with E-state index in [0.29, 0.717) is 5.92 Å². The van der Waals surface area contributed by atoms with Gasteiger partial charge in [-0.25, -0.2) is 0 Å². The Kier molecular flexibility index (Phi) is 3.47. The number of furan rings is 1. The topological polar surface area (TPSA) is 39.2 Å². The van der Waals surface area contributed by atoms with E-state index in [9.17, 15) is 0 Å². The van der Waals surface area contributed by atoms with Crippen LogP contribution in [0.3, 0.4) is 0 Å². The summed E-state index contributed by atoms with van der Waals surface area (Å²) in [6, 6.07) is 4.43. The molecule has 2 rings (SSSR count). The lowest BCUT2D eigenvalue weighted by Gasteiger charge is -2.19. The Hall–Kier alpha value is -0.760. The second kappa shape index (κ2) is 4.84. The molecule has 1 atom stereocenters. The molecule has 1 aromatic heterocycles. The quantitative estimate of drug-likeness (QED) is 0.826. The standard InChI is InChI=1S/C13H21NO/c1-10(14)9-12-7-8-13(15-12)11-5-3-2-4-6-11/h7-8,10-11H,2-6,9,14H2,1H3. The van der Waals surface area contributed by atoms with Gasteiger partial charge in [-0.05, 0) is 31.9 Å². The van der Waals surface area contributed by atoms with Crippen molar-refractivity contribution in [3.05, 3.63) is 23.7 Å². The fourth-order valence-corrected chi connectivity index (χ4v) is 2.43. The van der Waals surface area contributed by atoms with Crippen LogP contribution >= 0.6 is 0 Å². The number of nitrogens with two attached hydrogens (primary N) is 1. The van der Waals surface area contributed by atoms with Crippen molar-refractivity contribution < 1.29 is 4.42 Å². The maximum atomic E-state index is 5.85. The molecule has 0 radical (unpaired) electrons. The van der Waals surface area contributed by atoms with Gasteiger partial charge in [0.25, 0.3) is 0 Å². The first-order chi connectivity index (χ1) is 7.25. The molecule has 0 aromatic carbocycles. The number of rotatable bonds is 3. The van der Waals surface area contributed by atoms with Gasteiger partial charge in [-0.15, -0.1) is 0 Å². The zero-order valence-electron chi connectivity index (χ0n) is 9.54. The molecule has 0 bridgehead atoms. The molecule has 84 valence electrons. The SMILES string of the molecule is CC(N)Cc1ccc(C2CCCCC2)o1. The lowest BCUT2D eigenvalue weighted by molar-refractivity contribution is 0.359. The molecule has 15 heavy (non-hydrogen) atoms. The highest BCUT2D eigenvalue weighted by Crippen LogP contribution is 2.33. The van der Waals surface area contributed by atoms with Gasteiger partial charge in [-0.1, -0.05) is 19.3 Å². The summed E-state index contributed by atoms with van der Waals surface area (Å²) >= 11 is 0. The third kappa shape index (κ3) is 2.85. The van der Waals surface area contributed by atoms with Gasteiger partial charge in [0.1, 0.15) is 11.5 Å². The van der Waals surface area contributed by atoms with E-state index in [0.717, 1.165) is 12.2 Å². The predicted octanol–water partition coefficient (Wildman–Crippen LogP) is 3.22. The summed E-state index contributed by atoms with van der Waals surface area (Å²) < 4.78 is 5.85. The fourth-order valence-electron chi connectivity index (χ4n) is 2.43. The van der Waals surface area contributed by atoms with Crippen molar-refractivity contribution in [1.82, 2.24) is 0 Å². The van der Waals surface area contributed by atoms with Crippen LogP contribution in [0, 0.1) is 0 Å². The molecular formula is C13H21NO. The number of hydrogen-bond donors (Lipinski definition) is 1. The van der Waals surface area contributed by atoms with Gasteiger partial charge in [0, 0.05) is 18.4 Å². The summed E-state index contributed by atoms with van der Waals surface area (Å²) in [4.78, 5) is 0. The van der Waals surface area contributed by atoms with Crippen LogP contribution in [-0.2, 0) is 6.42 Å². The average Bonchev–Trinajstić information content (AvgIpc) is 2.67. The second-order valence-electron chi connectivity index (χ2n) is 4.82. The fraction of sp³-hybridized carbons (Fsp3) is 0.692. The van der Waals surface area contributed by atoms with Crippen molar-refractivity contribution in [2.45, 2.75) is 57.4 Å². The van der Waals surface area contributed by atoms with Gasteiger partial charge in [0.15, 0.2) is 0 Å². The van der Waals surface area contributed by atoms with Crippen LogP contribution in [-0.4, -0.2) is 6.04 Å². The predicted molar refractivity (Wildman–Crippen MR) is 61.9 cm³/mol. The van der Waals surface area contributed by atoms with Crippen molar-refractivity contribution >= 4 is 0 Å². The average molecular weight is 207 g/mol. The Bertz CT molecular complexity index is 297. The van der Waals surface area contributed by atoms with Gasteiger partial charge in [-0.2, -0.15) is 0 Å². The molecule has 0 spiro atoms. The Balaban J connectivity index is 1.99. The normalized spacial score (nSPS) is 20.4. The Labute approximate surface area is 91.8 Å². The van der Waals surface area contributed by atoms with E-state index in [1.54, 1.807) is 0 Å². The molecule has 1 unspecified atom stereocenters. The lowest BCUT2D eigenvalue weighted by Crippen LogP contribution is -2.17. The molecule has 0 amide bonds. The largest absolute Gasteiger partial charge is 0.466 e. The molecule has 0 aliphatic heterocycles. The van der Waals surface area contributed by atoms with Crippen LogP contribution in [0.1, 0.15) is 56.5 Å². The molecular weight excluding hydrogens is 186 g/mol. The minimum atomic E-state index is 0.190. The highest BCUT2D eigenvalue weighted by atomic mass is 16.3. The monoisotopic (exact) mass is 207 g/mol. The second-order valence-corrected chi connectivity index (χ2v) is 4.82. The van der Waals surface area contributed by atoms with Crippen molar-refractivity contribution in [2.24, 2.45) is 5.73 Å². The van der Waals surface area contributed by atoms with Crippen molar-refractivity contribution in [1.29, 1.82) is 0 Å². The first kappa shape index (κ1) is 10.7. The van der Waals surface area contributed by atoms with Gasteiger partial charge < -0.3 is 10.2 Å². The first-order valence-corrected chi connectivity index (χ1v) is 6.10. The van der Waals surface area contributed by atoms with Gasteiger partial charge in [-0.3, -0.25) is 0 Å². The molecule has 2 heteroatoms. The third-order valence-corrected chi connectivity index (χ3v) is 3.21. The smallest absolute Gasteiger partial charge is 0.107 e. The summed E-state index contributed by atoms with van der Waals surface area (Å²) in [7, 11) is 0. The maximum Gasteiger partial charge on any atom is 0.107 e. The number of hydrogen-bond acceptors (Lipinski definition) is 2. The van der Waals surface area contributed by atoms with E-state index in [4.69, 9.17) is 10.2 Å². The van der Waals surface area contributed by atoms with Crippen LogP contribution in [0.25, 0.3) is 0 Å². The summed E-state index contributed by atoms with van der Waals surface area (Å²) in [5, 5.41) is 0. The van der Waals surface area contributed by atoms with Crippen molar-refractivity contribution in [2.75, 3.05) is 0 Å². The molecule has 1 aliphatic rings. The molecule has 1 saturated carbocycles. The van der Waals surface area contributed by atoms with Crippen LogP contribution in [0.15, 0.2) is 16.5 Å². The van der Waals surface area contributed by atoms with Crippen LogP contribution in [0.4, 0.5) is 0 Å². The van der Waals surface area contributed by atoms with E-state index in [1.807, 2.05) is 6.92 Å². The maximum absolute atomic E-state index is 5.85. The third-order valence-electron chi connectivity index (χ3n) is 3.21. The van der Waals surface area contributed by atoms with E-state index in [-0.39, 0.29) is 6.04 Å². The molecule has 1 aromatic rings.